The predicted octanol–water partition coefficient (Wildman–Crippen LogP) is 4.94. The van der Waals surface area contributed by atoms with Gasteiger partial charge in [-0.1, -0.05) is 54.1 Å². The first-order valence-electron chi connectivity index (χ1n) is 9.03. The van der Waals surface area contributed by atoms with Crippen LogP contribution < -0.4 is 5.32 Å². The molecule has 1 amide bonds. The Labute approximate surface area is 174 Å². The fourth-order valence-electron chi connectivity index (χ4n) is 2.99. The average molecular weight is 429 g/mol. The molecule has 3 rings (SSSR count). The van der Waals surface area contributed by atoms with Gasteiger partial charge in [-0.25, -0.2) is 9.18 Å². The van der Waals surface area contributed by atoms with Crippen LogP contribution in [0.2, 0.25) is 0 Å². The Balaban J connectivity index is 1.76. The maximum absolute atomic E-state index is 14.7. The van der Waals surface area contributed by atoms with Gasteiger partial charge in [0.05, 0.1) is 0 Å². The van der Waals surface area contributed by atoms with Crippen LogP contribution in [0.25, 0.3) is 11.1 Å². The molecule has 0 fully saturated rings. The fraction of sp³-hybridized carbons (Fsp3) is 0.136. The van der Waals surface area contributed by atoms with E-state index in [1.54, 1.807) is 25.1 Å². The molecule has 0 aliphatic carbocycles. The van der Waals surface area contributed by atoms with Crippen LogP contribution in [-0.4, -0.2) is 19.1 Å². The lowest BCUT2D eigenvalue weighted by molar-refractivity contribution is 0.155. The van der Waals surface area contributed by atoms with E-state index in [9.17, 15) is 22.2 Å². The van der Waals surface area contributed by atoms with Crippen LogP contribution in [0.3, 0.4) is 0 Å². The van der Waals surface area contributed by atoms with E-state index in [0.717, 1.165) is 17.2 Å². The number of aryl methyl sites for hydroxylation is 1. The van der Waals surface area contributed by atoms with Crippen molar-refractivity contribution < 1.29 is 26.9 Å². The molecule has 2 N–H and O–H groups in total. The summed E-state index contributed by atoms with van der Waals surface area (Å²) in [4.78, 5) is 12.0. The molecule has 0 atom stereocenters. The van der Waals surface area contributed by atoms with Gasteiger partial charge in [0.25, 0.3) is 10.1 Å². The van der Waals surface area contributed by atoms with Crippen molar-refractivity contribution in [1.29, 1.82) is 0 Å². The number of rotatable bonds is 6. The molecule has 0 aliphatic heterocycles. The summed E-state index contributed by atoms with van der Waals surface area (Å²) in [5.41, 5.74) is 2.56. The normalized spacial score (nSPS) is 11.2. The van der Waals surface area contributed by atoms with Crippen molar-refractivity contribution in [3.05, 3.63) is 89.2 Å². The first kappa shape index (κ1) is 21.5. The summed E-state index contributed by atoms with van der Waals surface area (Å²) in [6.07, 6.45) is -0.728. The highest BCUT2D eigenvalue weighted by molar-refractivity contribution is 7.85. The third kappa shape index (κ3) is 5.88. The summed E-state index contributed by atoms with van der Waals surface area (Å²) in [5, 5.41) is 2.46. The Kier molecular flexibility index (Phi) is 6.49. The van der Waals surface area contributed by atoms with Crippen molar-refractivity contribution >= 4 is 21.9 Å². The van der Waals surface area contributed by atoms with E-state index in [1.165, 1.54) is 12.1 Å². The van der Waals surface area contributed by atoms with Gasteiger partial charge in [-0.05, 0) is 41.8 Å². The Morgan fingerprint density at radius 3 is 2.40 bits per heavy atom. The maximum Gasteiger partial charge on any atom is 0.411 e. The summed E-state index contributed by atoms with van der Waals surface area (Å²) in [6.45, 7) is 1.84. The first-order valence-corrected chi connectivity index (χ1v) is 10.6. The topological polar surface area (TPSA) is 92.7 Å². The predicted molar refractivity (Wildman–Crippen MR) is 112 cm³/mol. The number of amides is 1. The van der Waals surface area contributed by atoms with Crippen LogP contribution in [-0.2, 0) is 27.2 Å². The smallest absolute Gasteiger partial charge is 0.411 e. The van der Waals surface area contributed by atoms with Gasteiger partial charge in [-0.15, -0.1) is 0 Å². The van der Waals surface area contributed by atoms with Crippen LogP contribution in [0, 0.1) is 12.7 Å². The van der Waals surface area contributed by atoms with Crippen LogP contribution in [0.1, 0.15) is 16.7 Å². The van der Waals surface area contributed by atoms with Crippen LogP contribution >= 0.6 is 0 Å². The third-order valence-electron chi connectivity index (χ3n) is 4.32. The zero-order chi connectivity index (χ0) is 21.7. The number of nitrogens with one attached hydrogen (secondary N) is 1. The molecule has 0 spiro atoms. The van der Waals surface area contributed by atoms with E-state index in [1.807, 2.05) is 30.3 Å². The molecule has 30 heavy (non-hydrogen) atoms. The summed E-state index contributed by atoms with van der Waals surface area (Å²) >= 11 is 0. The number of anilines is 1. The molecule has 0 heterocycles. The van der Waals surface area contributed by atoms with E-state index < -0.39 is 27.8 Å². The lowest BCUT2D eigenvalue weighted by Gasteiger charge is -2.12. The minimum absolute atomic E-state index is 0.0790. The molecule has 3 aromatic carbocycles. The molecule has 6 nitrogen and oxygen atoms in total. The Morgan fingerprint density at radius 1 is 1.03 bits per heavy atom. The zero-order valence-corrected chi connectivity index (χ0v) is 16.9. The minimum atomic E-state index is -4.29. The van der Waals surface area contributed by atoms with E-state index in [2.05, 4.69) is 5.32 Å². The summed E-state index contributed by atoms with van der Waals surface area (Å²) in [6, 6.07) is 18.1. The van der Waals surface area contributed by atoms with Crippen LogP contribution in [0.15, 0.2) is 66.7 Å². The van der Waals surface area contributed by atoms with Crippen molar-refractivity contribution in [3.63, 3.8) is 0 Å². The molecule has 0 bridgehead atoms. The number of carbonyl (C=O) groups excluding carboxylic acids is 1. The van der Waals surface area contributed by atoms with Gasteiger partial charge in [0.2, 0.25) is 0 Å². The monoisotopic (exact) mass is 429 g/mol. The van der Waals surface area contributed by atoms with Crippen molar-refractivity contribution in [3.8, 4) is 11.1 Å². The van der Waals surface area contributed by atoms with Gasteiger partial charge in [0, 0.05) is 11.3 Å². The van der Waals surface area contributed by atoms with E-state index in [-0.39, 0.29) is 23.4 Å². The second-order valence-electron chi connectivity index (χ2n) is 6.77. The summed E-state index contributed by atoms with van der Waals surface area (Å²) < 4.78 is 51.7. The molecular weight excluding hydrogens is 409 g/mol. The molecule has 3 aromatic rings. The number of halogens is 1. The average Bonchev–Trinajstić information content (AvgIpc) is 2.67. The lowest BCUT2D eigenvalue weighted by Crippen LogP contribution is -2.13. The fourth-order valence-corrected chi connectivity index (χ4v) is 3.62. The number of hydrogen-bond donors (Lipinski definition) is 2. The van der Waals surface area contributed by atoms with Crippen molar-refractivity contribution in [2.75, 3.05) is 5.32 Å². The second kappa shape index (κ2) is 9.06. The van der Waals surface area contributed by atoms with Gasteiger partial charge < -0.3 is 4.74 Å². The molecular formula is C22H20FNO5S. The molecule has 0 aliphatic rings. The Bertz CT molecular complexity index is 1160. The first-order chi connectivity index (χ1) is 14.2. The van der Waals surface area contributed by atoms with Gasteiger partial charge >= 0.3 is 6.09 Å². The quantitative estimate of drug-likeness (QED) is 0.542. The molecule has 0 saturated carbocycles. The SMILES string of the molecule is Cc1ccc(-c2ccc(NC(=O)OCc3ccccc3)cc2F)c(CS(=O)(=O)O)c1. The summed E-state index contributed by atoms with van der Waals surface area (Å²) in [5.74, 6) is -1.29. The van der Waals surface area contributed by atoms with Crippen LogP contribution in [0.5, 0.6) is 0 Å². The highest BCUT2D eigenvalue weighted by Gasteiger charge is 2.16. The van der Waals surface area contributed by atoms with E-state index in [4.69, 9.17) is 4.74 Å². The van der Waals surface area contributed by atoms with Crippen LogP contribution in [0.4, 0.5) is 14.9 Å². The highest BCUT2D eigenvalue weighted by atomic mass is 32.2. The molecule has 0 aromatic heterocycles. The second-order valence-corrected chi connectivity index (χ2v) is 8.22. The highest BCUT2D eigenvalue weighted by Crippen LogP contribution is 2.30. The molecule has 8 heteroatoms. The molecule has 156 valence electrons. The molecule has 0 unspecified atom stereocenters. The third-order valence-corrected chi connectivity index (χ3v) is 4.99. The van der Waals surface area contributed by atoms with Gasteiger partial charge in [-0.2, -0.15) is 8.42 Å². The van der Waals surface area contributed by atoms with E-state index in [0.29, 0.717) is 5.56 Å². The van der Waals surface area contributed by atoms with Crippen molar-refractivity contribution in [1.82, 2.24) is 0 Å². The standard InChI is InChI=1S/C22H20FNO5S/c1-15-7-9-19(17(11-15)14-30(26,27)28)20-10-8-18(12-21(20)23)24-22(25)29-13-16-5-3-2-4-6-16/h2-12H,13-14H2,1H3,(H,24,25)(H,26,27,28). The Hall–Kier alpha value is -3.23. The number of carbonyl (C=O) groups is 1. The number of benzene rings is 3. The van der Waals surface area contributed by atoms with Gasteiger partial charge in [-0.3, -0.25) is 9.87 Å². The Morgan fingerprint density at radius 2 is 1.73 bits per heavy atom. The maximum atomic E-state index is 14.7. The molecule has 0 radical (unpaired) electrons. The number of ether oxygens (including phenoxy) is 1. The van der Waals surface area contributed by atoms with Crippen molar-refractivity contribution in [2.24, 2.45) is 0 Å². The largest absolute Gasteiger partial charge is 0.444 e. The molecule has 0 saturated heterocycles. The van der Waals surface area contributed by atoms with Gasteiger partial charge in [0.1, 0.15) is 18.2 Å². The zero-order valence-electron chi connectivity index (χ0n) is 16.1. The lowest BCUT2D eigenvalue weighted by atomic mass is 9.98. The van der Waals surface area contributed by atoms with E-state index >= 15 is 0 Å². The van der Waals surface area contributed by atoms with Crippen molar-refractivity contribution in [2.45, 2.75) is 19.3 Å². The minimum Gasteiger partial charge on any atom is -0.444 e. The number of hydrogen-bond acceptors (Lipinski definition) is 4. The van der Waals surface area contributed by atoms with Gasteiger partial charge in [0.15, 0.2) is 0 Å². The summed E-state index contributed by atoms with van der Waals surface area (Å²) in [7, 11) is -4.29.